The predicted octanol–water partition coefficient (Wildman–Crippen LogP) is 0.908. The van der Waals surface area contributed by atoms with E-state index < -0.39 is 11.1 Å². The summed E-state index contributed by atoms with van der Waals surface area (Å²) in [5.41, 5.74) is 7.49. The summed E-state index contributed by atoms with van der Waals surface area (Å²) in [5.74, 6) is -0.480. The Hall–Kier alpha value is -1.61. The van der Waals surface area contributed by atoms with E-state index in [0.29, 0.717) is 32.4 Å². The van der Waals surface area contributed by atoms with Gasteiger partial charge in [-0.15, -0.1) is 12.4 Å². The molecule has 0 aromatic rings. The molecule has 1 unspecified atom stereocenters. The van der Waals surface area contributed by atoms with Gasteiger partial charge < -0.3 is 16.4 Å². The normalized spacial score (nSPS) is 11.0. The van der Waals surface area contributed by atoms with Crippen LogP contribution in [0.2, 0.25) is 0 Å². The van der Waals surface area contributed by atoms with E-state index >= 15 is 0 Å². The Balaban J connectivity index is 0. The molecular weight excluding hydrogens is 324 g/mol. The van der Waals surface area contributed by atoms with Gasteiger partial charge in [0, 0.05) is 13.1 Å². The fourth-order valence-corrected chi connectivity index (χ4v) is 1.86. The molecule has 136 valence electrons. The minimum atomic E-state index is -0.796. The third kappa shape index (κ3) is 15.1. The van der Waals surface area contributed by atoms with E-state index in [1.807, 2.05) is 0 Å². The van der Waals surface area contributed by atoms with Crippen molar-refractivity contribution in [1.82, 2.24) is 16.1 Å². The molecule has 0 saturated heterocycles. The molecule has 0 aliphatic rings. The average Bonchev–Trinajstić information content (AvgIpc) is 2.45. The lowest BCUT2D eigenvalue weighted by Crippen LogP contribution is -2.41. The average molecular weight is 353 g/mol. The van der Waals surface area contributed by atoms with Gasteiger partial charge in [0.25, 0.3) is 5.96 Å². The Morgan fingerprint density at radius 3 is 2.39 bits per heavy atom. The monoisotopic (exact) mass is 352 g/mol. The van der Waals surface area contributed by atoms with E-state index in [4.69, 9.17) is 11.1 Å². The molecule has 1 atom stereocenters. The van der Waals surface area contributed by atoms with Gasteiger partial charge >= 0.3 is 0 Å². The second-order valence-corrected chi connectivity index (χ2v) is 5.12. The van der Waals surface area contributed by atoms with Crippen LogP contribution in [0.1, 0.15) is 51.9 Å². The number of carbonyl (C=O) groups excluding carboxylic acids is 1. The van der Waals surface area contributed by atoms with Gasteiger partial charge in [0.05, 0.1) is 6.04 Å². The minimum absolute atomic E-state index is 0. The van der Waals surface area contributed by atoms with Crippen molar-refractivity contribution in [3.63, 3.8) is 0 Å². The van der Waals surface area contributed by atoms with Crippen LogP contribution in [0.25, 0.3) is 0 Å². The summed E-state index contributed by atoms with van der Waals surface area (Å²) < 4.78 is 0. The third-order valence-electron chi connectivity index (χ3n) is 3.11. The Kier molecular flexibility index (Phi) is 15.7. The largest absolute Gasteiger partial charge is 0.355 e. The van der Waals surface area contributed by atoms with E-state index in [9.17, 15) is 14.9 Å². The van der Waals surface area contributed by atoms with Crippen molar-refractivity contribution in [2.24, 2.45) is 5.73 Å². The molecule has 0 aromatic carbocycles. The van der Waals surface area contributed by atoms with Crippen LogP contribution in [-0.2, 0) is 4.79 Å². The van der Waals surface area contributed by atoms with Gasteiger partial charge in [-0.3, -0.25) is 10.2 Å². The summed E-state index contributed by atoms with van der Waals surface area (Å²) in [6, 6.07) is -0.525. The summed E-state index contributed by atoms with van der Waals surface area (Å²) in [4.78, 5) is 21.8. The first-order valence-corrected chi connectivity index (χ1v) is 7.74. The standard InChI is InChI=1S/C13H28N6O3.ClH/c1-2-3-4-6-9-16-12(20)11(14)8-5-7-10-17-13(15)18-19(21)22;/h11H,2-10,14H2,1H3,(H,16,20)(H3,15,17,18);1H. The fraction of sp³-hybridized carbons (Fsp3) is 0.846. The second kappa shape index (κ2) is 15.3. The number of carbonyl (C=O) groups is 1. The Bertz CT molecular complexity index is 357. The molecule has 0 saturated carbocycles. The van der Waals surface area contributed by atoms with Crippen molar-refractivity contribution in [3.05, 3.63) is 10.1 Å². The molecule has 9 nitrogen and oxygen atoms in total. The second-order valence-electron chi connectivity index (χ2n) is 5.12. The van der Waals surface area contributed by atoms with Crippen molar-refractivity contribution in [3.8, 4) is 0 Å². The summed E-state index contributed by atoms with van der Waals surface area (Å²) in [7, 11) is 0. The quantitative estimate of drug-likeness (QED) is 0.116. The van der Waals surface area contributed by atoms with Gasteiger partial charge in [-0.1, -0.05) is 31.6 Å². The minimum Gasteiger partial charge on any atom is -0.355 e. The molecule has 0 rings (SSSR count). The van der Waals surface area contributed by atoms with Crippen LogP contribution in [0.3, 0.4) is 0 Å². The van der Waals surface area contributed by atoms with Crippen molar-refractivity contribution in [2.45, 2.75) is 57.9 Å². The van der Waals surface area contributed by atoms with Crippen molar-refractivity contribution in [2.75, 3.05) is 13.1 Å². The number of hydrazine groups is 1. The number of hydrogen-bond acceptors (Lipinski definition) is 5. The molecule has 0 aliphatic carbocycles. The lowest BCUT2D eigenvalue weighted by Gasteiger charge is -2.12. The Morgan fingerprint density at radius 1 is 1.17 bits per heavy atom. The molecule has 6 N–H and O–H groups in total. The molecule has 0 fully saturated rings. The topological polar surface area (TPSA) is 146 Å². The molecule has 0 heterocycles. The zero-order valence-corrected chi connectivity index (χ0v) is 14.4. The van der Waals surface area contributed by atoms with Crippen molar-refractivity contribution < 1.29 is 9.83 Å². The van der Waals surface area contributed by atoms with Crippen LogP contribution in [0, 0.1) is 15.5 Å². The summed E-state index contributed by atoms with van der Waals surface area (Å²) >= 11 is 0. The predicted molar refractivity (Wildman–Crippen MR) is 92.1 cm³/mol. The number of nitrogens with two attached hydrogens (primary N) is 1. The lowest BCUT2D eigenvalue weighted by atomic mass is 10.1. The summed E-state index contributed by atoms with van der Waals surface area (Å²) in [6.45, 7) is 3.22. The van der Waals surface area contributed by atoms with E-state index in [0.717, 1.165) is 19.3 Å². The van der Waals surface area contributed by atoms with Crippen LogP contribution in [0.15, 0.2) is 0 Å². The zero-order chi connectivity index (χ0) is 16.8. The molecular formula is C13H29ClN6O3. The first kappa shape index (κ1) is 23.7. The molecule has 0 radical (unpaired) electrons. The lowest BCUT2D eigenvalue weighted by molar-refractivity contribution is -0.525. The maximum absolute atomic E-state index is 11.7. The van der Waals surface area contributed by atoms with E-state index in [-0.39, 0.29) is 24.3 Å². The number of nitrogens with zero attached hydrogens (tertiary/aromatic N) is 1. The van der Waals surface area contributed by atoms with Crippen LogP contribution in [-0.4, -0.2) is 36.0 Å². The van der Waals surface area contributed by atoms with Crippen LogP contribution in [0.4, 0.5) is 0 Å². The van der Waals surface area contributed by atoms with Gasteiger partial charge in [-0.05, 0) is 25.7 Å². The number of unbranched alkanes of at least 4 members (excludes halogenated alkanes) is 4. The number of nitrogens with one attached hydrogen (secondary N) is 4. The molecule has 23 heavy (non-hydrogen) atoms. The van der Waals surface area contributed by atoms with Crippen LogP contribution < -0.4 is 21.8 Å². The SMILES string of the molecule is CCCCCCNC(=O)C(N)CCCCNC(=N)N[N+](=O)[O-].Cl. The number of hydrogen-bond donors (Lipinski definition) is 5. The highest BCUT2D eigenvalue weighted by atomic mass is 35.5. The smallest absolute Gasteiger partial charge is 0.251 e. The number of nitro groups is 1. The molecule has 0 aromatic heterocycles. The van der Waals surface area contributed by atoms with E-state index in [1.54, 1.807) is 5.43 Å². The summed E-state index contributed by atoms with van der Waals surface area (Å²) in [5, 5.41) is 21.8. The number of rotatable bonds is 12. The molecule has 10 heteroatoms. The maximum atomic E-state index is 11.7. The molecule has 0 bridgehead atoms. The fourth-order valence-electron chi connectivity index (χ4n) is 1.86. The molecule has 1 amide bonds. The van der Waals surface area contributed by atoms with Crippen molar-refractivity contribution >= 4 is 24.3 Å². The van der Waals surface area contributed by atoms with E-state index in [2.05, 4.69) is 17.6 Å². The highest BCUT2D eigenvalue weighted by Crippen LogP contribution is 2.00. The van der Waals surface area contributed by atoms with Gasteiger partial charge in [0.15, 0.2) is 5.03 Å². The maximum Gasteiger partial charge on any atom is 0.251 e. The Labute approximate surface area is 143 Å². The summed E-state index contributed by atoms with van der Waals surface area (Å²) in [6.07, 6.45) is 6.37. The van der Waals surface area contributed by atoms with E-state index in [1.165, 1.54) is 6.42 Å². The first-order chi connectivity index (χ1) is 10.5. The molecule has 0 aliphatic heterocycles. The highest BCUT2D eigenvalue weighted by molar-refractivity contribution is 5.85. The number of amides is 1. The third-order valence-corrected chi connectivity index (χ3v) is 3.11. The number of guanidine groups is 1. The van der Waals surface area contributed by atoms with Crippen LogP contribution >= 0.6 is 12.4 Å². The number of halogens is 1. The van der Waals surface area contributed by atoms with Crippen molar-refractivity contribution in [1.29, 1.82) is 5.41 Å². The zero-order valence-electron chi connectivity index (χ0n) is 13.6. The van der Waals surface area contributed by atoms with Gasteiger partial charge in [-0.2, -0.15) is 0 Å². The highest BCUT2D eigenvalue weighted by Gasteiger charge is 2.12. The molecule has 0 spiro atoms. The van der Waals surface area contributed by atoms with Gasteiger partial charge in [-0.25, -0.2) is 10.1 Å². The van der Waals surface area contributed by atoms with Gasteiger partial charge in [0.1, 0.15) is 0 Å². The first-order valence-electron chi connectivity index (χ1n) is 7.74. The Morgan fingerprint density at radius 2 is 1.78 bits per heavy atom. The van der Waals surface area contributed by atoms with Crippen LogP contribution in [0.5, 0.6) is 0 Å². The van der Waals surface area contributed by atoms with Gasteiger partial charge in [0.2, 0.25) is 5.91 Å².